The molecule has 0 saturated heterocycles. The zero-order valence-electron chi connectivity index (χ0n) is 13.8. The van der Waals surface area contributed by atoms with Gasteiger partial charge in [-0.05, 0) is 46.2 Å². The summed E-state index contributed by atoms with van der Waals surface area (Å²) in [4.78, 5) is 14.5. The van der Waals surface area contributed by atoms with Crippen molar-refractivity contribution in [2.45, 2.75) is 17.4 Å². The molecule has 1 aromatic carbocycles. The first-order valence-electron chi connectivity index (χ1n) is 7.94. The van der Waals surface area contributed by atoms with Crippen LogP contribution in [0.2, 0.25) is 0 Å². The minimum Gasteiger partial charge on any atom is -0.378 e. The minimum absolute atomic E-state index is 0.133. The summed E-state index contributed by atoms with van der Waals surface area (Å²) in [5.41, 5.74) is 0.237. The van der Waals surface area contributed by atoms with Crippen LogP contribution in [0.25, 0.3) is 0 Å². The molecule has 1 amide bonds. The van der Waals surface area contributed by atoms with E-state index in [1.165, 1.54) is 22.7 Å². The summed E-state index contributed by atoms with van der Waals surface area (Å²) in [6.45, 7) is 2.19. The fraction of sp³-hybridized carbons (Fsp3) is 0.211. The quantitative estimate of drug-likeness (QED) is 0.581. The lowest BCUT2D eigenvalue weighted by Crippen LogP contribution is -2.41. The highest BCUT2D eigenvalue weighted by Crippen LogP contribution is 2.33. The van der Waals surface area contributed by atoms with E-state index in [1.54, 1.807) is 11.8 Å². The Morgan fingerprint density at radius 2 is 2.04 bits per heavy atom. The van der Waals surface area contributed by atoms with Gasteiger partial charge in [0, 0.05) is 15.3 Å². The van der Waals surface area contributed by atoms with Crippen LogP contribution in [-0.4, -0.2) is 23.3 Å². The smallest absolute Gasteiger partial charge is 0.252 e. The van der Waals surface area contributed by atoms with E-state index in [-0.39, 0.29) is 12.5 Å². The number of hydrogen-bond acceptors (Lipinski definition) is 5. The van der Waals surface area contributed by atoms with Crippen molar-refractivity contribution in [3.63, 3.8) is 0 Å². The number of thiophene rings is 2. The number of benzene rings is 1. The molecule has 0 radical (unpaired) electrons. The van der Waals surface area contributed by atoms with E-state index in [4.69, 9.17) is 0 Å². The number of hydrogen-bond donors (Lipinski definition) is 2. The van der Waals surface area contributed by atoms with Gasteiger partial charge in [0.15, 0.2) is 0 Å². The van der Waals surface area contributed by atoms with Crippen molar-refractivity contribution >= 4 is 40.3 Å². The second-order valence-electron chi connectivity index (χ2n) is 5.46. The van der Waals surface area contributed by atoms with Crippen molar-refractivity contribution in [3.05, 3.63) is 74.6 Å². The summed E-state index contributed by atoms with van der Waals surface area (Å²) in [6.07, 6.45) is 0. The van der Waals surface area contributed by atoms with Gasteiger partial charge in [-0.2, -0.15) is 11.3 Å². The standard InChI is InChI=1S/C19H19NO2S3/c1-2-24-16-7-4-3-6-15(16)18(21)20-13-19(22,14-9-11-23-12-14)17-8-5-10-25-17/h3-12,22H,2,13H2,1H3,(H,20,21)/t19-/m1/s1. The van der Waals surface area contributed by atoms with Gasteiger partial charge in [-0.1, -0.05) is 25.1 Å². The molecule has 0 saturated carbocycles. The Balaban J connectivity index is 1.82. The molecule has 0 aliphatic rings. The van der Waals surface area contributed by atoms with Gasteiger partial charge in [-0.3, -0.25) is 4.79 Å². The molecule has 0 fully saturated rings. The maximum Gasteiger partial charge on any atom is 0.252 e. The first-order valence-corrected chi connectivity index (χ1v) is 10.7. The lowest BCUT2D eigenvalue weighted by Gasteiger charge is -2.27. The molecule has 3 nitrogen and oxygen atoms in total. The first kappa shape index (κ1) is 18.2. The molecule has 2 heterocycles. The molecule has 0 aliphatic heterocycles. The molecule has 0 spiro atoms. The number of amides is 1. The van der Waals surface area contributed by atoms with Crippen LogP contribution in [0.4, 0.5) is 0 Å². The predicted octanol–water partition coefficient (Wildman–Crippen LogP) is 4.59. The second-order valence-corrected chi connectivity index (χ2v) is 8.50. The van der Waals surface area contributed by atoms with Gasteiger partial charge in [-0.15, -0.1) is 23.1 Å². The fourth-order valence-electron chi connectivity index (χ4n) is 2.58. The van der Waals surface area contributed by atoms with Crippen LogP contribution >= 0.6 is 34.4 Å². The lowest BCUT2D eigenvalue weighted by atomic mass is 9.94. The first-order chi connectivity index (χ1) is 12.1. The van der Waals surface area contributed by atoms with Gasteiger partial charge in [0.25, 0.3) is 5.91 Å². The Bertz CT molecular complexity index is 779. The molecule has 3 aromatic rings. The highest BCUT2D eigenvalue weighted by Gasteiger charge is 2.33. The average molecular weight is 390 g/mol. The van der Waals surface area contributed by atoms with Gasteiger partial charge in [0.2, 0.25) is 0 Å². The van der Waals surface area contributed by atoms with Gasteiger partial charge < -0.3 is 10.4 Å². The topological polar surface area (TPSA) is 49.3 Å². The van der Waals surface area contributed by atoms with Crippen LogP contribution in [0.3, 0.4) is 0 Å². The number of carbonyl (C=O) groups excluding carboxylic acids is 1. The average Bonchev–Trinajstić information content (AvgIpc) is 3.34. The molecular weight excluding hydrogens is 370 g/mol. The highest BCUT2D eigenvalue weighted by molar-refractivity contribution is 7.99. The van der Waals surface area contributed by atoms with E-state index in [9.17, 15) is 9.90 Å². The summed E-state index contributed by atoms with van der Waals surface area (Å²) >= 11 is 4.66. The Kier molecular flexibility index (Phi) is 5.96. The summed E-state index contributed by atoms with van der Waals surface area (Å²) in [7, 11) is 0. The summed E-state index contributed by atoms with van der Waals surface area (Å²) in [6, 6.07) is 13.3. The molecular formula is C19H19NO2S3. The van der Waals surface area contributed by atoms with E-state index < -0.39 is 5.60 Å². The second kappa shape index (κ2) is 8.19. The van der Waals surface area contributed by atoms with Crippen LogP contribution in [0.15, 0.2) is 63.5 Å². The van der Waals surface area contributed by atoms with Crippen molar-refractivity contribution in [1.29, 1.82) is 0 Å². The molecule has 0 unspecified atom stereocenters. The largest absolute Gasteiger partial charge is 0.378 e. The molecule has 6 heteroatoms. The zero-order chi connectivity index (χ0) is 17.7. The van der Waals surface area contributed by atoms with Crippen molar-refractivity contribution in [2.24, 2.45) is 0 Å². The number of carbonyl (C=O) groups is 1. The molecule has 130 valence electrons. The van der Waals surface area contributed by atoms with E-state index in [0.29, 0.717) is 5.56 Å². The predicted molar refractivity (Wildman–Crippen MR) is 107 cm³/mol. The Hall–Kier alpha value is -1.60. The third kappa shape index (κ3) is 3.98. The van der Waals surface area contributed by atoms with E-state index in [2.05, 4.69) is 12.2 Å². The van der Waals surface area contributed by atoms with Crippen molar-refractivity contribution in [2.75, 3.05) is 12.3 Å². The number of nitrogens with one attached hydrogen (secondary N) is 1. The van der Waals surface area contributed by atoms with Crippen LogP contribution in [0.5, 0.6) is 0 Å². The molecule has 2 N–H and O–H groups in total. The van der Waals surface area contributed by atoms with E-state index in [1.807, 2.05) is 58.6 Å². The molecule has 3 rings (SSSR count). The molecule has 25 heavy (non-hydrogen) atoms. The van der Waals surface area contributed by atoms with Crippen molar-refractivity contribution in [1.82, 2.24) is 5.32 Å². The van der Waals surface area contributed by atoms with Gasteiger partial charge >= 0.3 is 0 Å². The normalized spacial score (nSPS) is 13.4. The molecule has 2 aromatic heterocycles. The van der Waals surface area contributed by atoms with Crippen LogP contribution < -0.4 is 5.32 Å². The Morgan fingerprint density at radius 1 is 1.20 bits per heavy atom. The lowest BCUT2D eigenvalue weighted by molar-refractivity contribution is 0.0719. The summed E-state index contributed by atoms with van der Waals surface area (Å²) in [5.74, 6) is 0.736. The number of thioether (sulfide) groups is 1. The van der Waals surface area contributed by atoms with E-state index in [0.717, 1.165) is 21.1 Å². The minimum atomic E-state index is -1.21. The molecule has 0 aliphatic carbocycles. The van der Waals surface area contributed by atoms with Crippen LogP contribution in [0.1, 0.15) is 27.7 Å². The third-order valence-electron chi connectivity index (χ3n) is 3.86. The number of aliphatic hydroxyl groups is 1. The summed E-state index contributed by atoms with van der Waals surface area (Å²) < 4.78 is 0. The Morgan fingerprint density at radius 3 is 2.72 bits per heavy atom. The van der Waals surface area contributed by atoms with Crippen LogP contribution in [-0.2, 0) is 5.60 Å². The maximum absolute atomic E-state index is 12.7. The van der Waals surface area contributed by atoms with E-state index >= 15 is 0 Å². The van der Waals surface area contributed by atoms with Gasteiger partial charge in [0.05, 0.1) is 12.1 Å². The van der Waals surface area contributed by atoms with Gasteiger partial charge in [-0.25, -0.2) is 0 Å². The van der Waals surface area contributed by atoms with Gasteiger partial charge in [0.1, 0.15) is 5.60 Å². The highest BCUT2D eigenvalue weighted by atomic mass is 32.2. The SMILES string of the molecule is CCSc1ccccc1C(=O)NC[C@@](O)(c1ccsc1)c1cccs1. The van der Waals surface area contributed by atoms with Crippen LogP contribution in [0, 0.1) is 0 Å². The summed E-state index contributed by atoms with van der Waals surface area (Å²) in [5, 5.41) is 20.0. The third-order valence-corrected chi connectivity index (χ3v) is 6.52. The fourth-order valence-corrected chi connectivity index (χ4v) is 4.96. The maximum atomic E-state index is 12.7. The Labute approximate surface area is 159 Å². The van der Waals surface area contributed by atoms with Crippen molar-refractivity contribution in [3.8, 4) is 0 Å². The number of rotatable bonds is 7. The molecule has 1 atom stereocenters. The van der Waals surface area contributed by atoms with Crippen molar-refractivity contribution < 1.29 is 9.90 Å². The monoisotopic (exact) mass is 389 g/mol. The zero-order valence-corrected chi connectivity index (χ0v) is 16.2. The molecule has 0 bridgehead atoms.